The molecular formula is C22H30FN5O. The Kier molecular flexibility index (Phi) is 6.79. The maximum atomic E-state index is 13.7. The molecular weight excluding hydrogens is 369 g/mol. The summed E-state index contributed by atoms with van der Waals surface area (Å²) in [4.78, 5) is 18.4. The van der Waals surface area contributed by atoms with Gasteiger partial charge in [0.1, 0.15) is 17.5 Å². The van der Waals surface area contributed by atoms with E-state index in [9.17, 15) is 9.18 Å². The molecule has 0 unspecified atom stereocenters. The predicted octanol–water partition coefficient (Wildman–Crippen LogP) is 3.58. The number of hydrogen-bond acceptors (Lipinski definition) is 5. The third-order valence-electron chi connectivity index (χ3n) is 5.58. The van der Waals surface area contributed by atoms with Crippen molar-refractivity contribution in [2.75, 3.05) is 18.0 Å². The third-order valence-corrected chi connectivity index (χ3v) is 5.58. The Hall–Kier alpha value is -2.54. The zero-order valence-corrected chi connectivity index (χ0v) is 17.4. The van der Waals surface area contributed by atoms with Crippen molar-refractivity contribution < 1.29 is 9.18 Å². The van der Waals surface area contributed by atoms with Gasteiger partial charge in [-0.1, -0.05) is 13.8 Å². The molecule has 1 aromatic heterocycles. The Labute approximate surface area is 171 Å². The van der Waals surface area contributed by atoms with Gasteiger partial charge in [0.25, 0.3) is 0 Å². The van der Waals surface area contributed by atoms with E-state index in [4.69, 9.17) is 10.4 Å². The van der Waals surface area contributed by atoms with Gasteiger partial charge in [0.05, 0.1) is 11.1 Å². The molecule has 1 saturated heterocycles. The highest BCUT2D eigenvalue weighted by Crippen LogP contribution is 2.27. The van der Waals surface area contributed by atoms with E-state index in [1.54, 1.807) is 12.1 Å². The molecule has 0 atom stereocenters. The second kappa shape index (κ2) is 9.31. The number of amides is 1. The van der Waals surface area contributed by atoms with Crippen LogP contribution in [0.25, 0.3) is 10.9 Å². The first kappa shape index (κ1) is 21.2. The lowest BCUT2D eigenvalue weighted by Crippen LogP contribution is -2.46. The van der Waals surface area contributed by atoms with Crippen LogP contribution in [0.3, 0.4) is 0 Å². The minimum atomic E-state index is -0.350. The van der Waals surface area contributed by atoms with Crippen LogP contribution in [0, 0.1) is 11.2 Å². The summed E-state index contributed by atoms with van der Waals surface area (Å²) in [5.74, 6) is -0.00185. The van der Waals surface area contributed by atoms with Crippen LogP contribution in [0.4, 0.5) is 10.2 Å². The average molecular weight is 400 g/mol. The minimum absolute atomic E-state index is 0.0107. The smallest absolute Gasteiger partial charge is 0.222 e. The van der Waals surface area contributed by atoms with Gasteiger partial charge in [0, 0.05) is 37.5 Å². The summed E-state index contributed by atoms with van der Waals surface area (Å²) in [6, 6.07) is 7.22. The number of nitrogens with one attached hydrogen (secondary N) is 3. The lowest BCUT2D eigenvalue weighted by molar-refractivity contribution is -0.117. The summed E-state index contributed by atoms with van der Waals surface area (Å²) in [7, 11) is 0. The number of pyridine rings is 1. The number of rotatable bonds is 6. The summed E-state index contributed by atoms with van der Waals surface area (Å²) in [6.45, 7) is 7.42. The number of nitrogens with zero attached hydrogens (tertiary/aromatic N) is 2. The van der Waals surface area contributed by atoms with E-state index in [0.717, 1.165) is 38.8 Å². The molecule has 1 aliphatic heterocycles. The molecule has 1 fully saturated rings. The van der Waals surface area contributed by atoms with Crippen molar-refractivity contribution in [2.45, 2.75) is 58.5 Å². The molecule has 1 amide bonds. The molecule has 2 aromatic rings. The van der Waals surface area contributed by atoms with Gasteiger partial charge in [-0.05, 0) is 49.9 Å². The number of benzene rings is 1. The monoisotopic (exact) mass is 399 g/mol. The summed E-state index contributed by atoms with van der Waals surface area (Å²) < 4.78 is 13.7. The number of hydrogen-bond donors (Lipinski definition) is 3. The number of amidine groups is 1. The molecule has 0 radical (unpaired) electrons. The van der Waals surface area contributed by atoms with Gasteiger partial charge < -0.3 is 15.5 Å². The lowest BCUT2D eigenvalue weighted by atomic mass is 10.0. The number of anilines is 1. The first-order chi connectivity index (χ1) is 13.9. The molecule has 29 heavy (non-hydrogen) atoms. The van der Waals surface area contributed by atoms with E-state index < -0.39 is 0 Å². The Morgan fingerprint density at radius 2 is 1.97 bits per heavy atom. The first-order valence-electron chi connectivity index (χ1n) is 10.4. The van der Waals surface area contributed by atoms with Gasteiger partial charge >= 0.3 is 0 Å². The number of fused-ring (bicyclic) bond motifs is 1. The molecule has 0 bridgehead atoms. The number of halogens is 1. The fraction of sp³-hybridized carbons (Fsp3) is 0.500. The Morgan fingerprint density at radius 3 is 2.59 bits per heavy atom. The van der Waals surface area contributed by atoms with E-state index in [1.807, 2.05) is 0 Å². The standard InChI is InChI=1S/C22H30FN5O/c1-4-17(5-2)26-18-8-10-28(11-9-18)22-19(21(24)25-14(3)29)13-15-12-16(23)6-7-20(15)27-22/h6-7,12-13,17-18,26H,4-5,8-11H2,1-3H3,(H2,24,25,29). The zero-order chi connectivity index (χ0) is 21.0. The molecule has 1 aliphatic rings. The van der Waals surface area contributed by atoms with E-state index in [1.165, 1.54) is 19.1 Å². The van der Waals surface area contributed by atoms with Gasteiger partial charge in [0.15, 0.2) is 0 Å². The van der Waals surface area contributed by atoms with Crippen molar-refractivity contribution in [1.82, 2.24) is 15.6 Å². The normalized spacial score (nSPS) is 15.1. The van der Waals surface area contributed by atoms with E-state index >= 15 is 0 Å². The van der Waals surface area contributed by atoms with Crippen LogP contribution < -0.4 is 15.5 Å². The van der Waals surface area contributed by atoms with E-state index in [2.05, 4.69) is 29.4 Å². The molecule has 6 nitrogen and oxygen atoms in total. The maximum absolute atomic E-state index is 13.7. The van der Waals surface area contributed by atoms with Crippen LogP contribution >= 0.6 is 0 Å². The van der Waals surface area contributed by atoms with Gasteiger partial charge in [-0.2, -0.15) is 0 Å². The third kappa shape index (κ3) is 5.09. The highest BCUT2D eigenvalue weighted by Gasteiger charge is 2.25. The highest BCUT2D eigenvalue weighted by molar-refractivity contribution is 6.10. The van der Waals surface area contributed by atoms with Crippen LogP contribution in [0.2, 0.25) is 0 Å². The molecule has 3 N–H and O–H groups in total. The second-order valence-corrected chi connectivity index (χ2v) is 7.69. The van der Waals surface area contributed by atoms with Crippen molar-refractivity contribution in [3.63, 3.8) is 0 Å². The molecule has 7 heteroatoms. The Bertz CT molecular complexity index is 888. The summed E-state index contributed by atoms with van der Waals surface area (Å²) >= 11 is 0. The van der Waals surface area contributed by atoms with Crippen molar-refractivity contribution in [1.29, 1.82) is 5.41 Å². The van der Waals surface area contributed by atoms with Gasteiger partial charge in [0.2, 0.25) is 5.91 Å². The summed E-state index contributed by atoms with van der Waals surface area (Å²) in [6.07, 6.45) is 4.23. The van der Waals surface area contributed by atoms with Crippen LogP contribution in [0.5, 0.6) is 0 Å². The van der Waals surface area contributed by atoms with Crippen molar-refractivity contribution >= 4 is 28.5 Å². The zero-order valence-electron chi connectivity index (χ0n) is 17.4. The van der Waals surface area contributed by atoms with Crippen LogP contribution in [0.1, 0.15) is 52.0 Å². The van der Waals surface area contributed by atoms with Crippen LogP contribution in [0.15, 0.2) is 24.3 Å². The lowest BCUT2D eigenvalue weighted by Gasteiger charge is -2.36. The number of carbonyl (C=O) groups excluding carboxylic acids is 1. The number of aromatic nitrogens is 1. The first-order valence-corrected chi connectivity index (χ1v) is 10.4. The highest BCUT2D eigenvalue weighted by atomic mass is 19.1. The number of piperidine rings is 1. The molecule has 3 rings (SSSR count). The Morgan fingerprint density at radius 1 is 1.28 bits per heavy atom. The van der Waals surface area contributed by atoms with E-state index in [-0.39, 0.29) is 17.6 Å². The molecule has 0 saturated carbocycles. The van der Waals surface area contributed by atoms with Crippen molar-refractivity contribution in [3.8, 4) is 0 Å². The SMILES string of the molecule is CCC(CC)NC1CCN(c2nc3ccc(F)cc3cc2C(=N)NC(C)=O)CC1. The van der Waals surface area contributed by atoms with E-state index in [0.29, 0.717) is 34.4 Å². The van der Waals surface area contributed by atoms with Gasteiger partial charge in [-0.3, -0.25) is 10.2 Å². The quantitative estimate of drug-likeness (QED) is 0.512. The van der Waals surface area contributed by atoms with Crippen LogP contribution in [-0.2, 0) is 4.79 Å². The Balaban J connectivity index is 1.86. The van der Waals surface area contributed by atoms with Crippen molar-refractivity contribution in [2.24, 2.45) is 0 Å². The molecule has 2 heterocycles. The summed E-state index contributed by atoms with van der Waals surface area (Å²) in [5, 5.41) is 15.2. The topological polar surface area (TPSA) is 81.1 Å². The maximum Gasteiger partial charge on any atom is 0.222 e. The fourth-order valence-electron chi connectivity index (χ4n) is 3.92. The molecule has 156 valence electrons. The number of carbonyl (C=O) groups is 1. The molecule has 1 aromatic carbocycles. The largest absolute Gasteiger partial charge is 0.356 e. The molecule has 0 aliphatic carbocycles. The minimum Gasteiger partial charge on any atom is -0.356 e. The fourth-order valence-corrected chi connectivity index (χ4v) is 3.92. The summed E-state index contributed by atoms with van der Waals surface area (Å²) in [5.41, 5.74) is 1.20. The van der Waals surface area contributed by atoms with Crippen LogP contribution in [-0.4, -0.2) is 41.9 Å². The average Bonchev–Trinajstić information content (AvgIpc) is 2.71. The van der Waals surface area contributed by atoms with Gasteiger partial charge in [-0.25, -0.2) is 9.37 Å². The second-order valence-electron chi connectivity index (χ2n) is 7.69. The predicted molar refractivity (Wildman–Crippen MR) is 115 cm³/mol. The molecule has 0 spiro atoms. The van der Waals surface area contributed by atoms with Gasteiger partial charge in [-0.15, -0.1) is 0 Å². The van der Waals surface area contributed by atoms with Crippen molar-refractivity contribution in [3.05, 3.63) is 35.6 Å².